The molecule has 3 heteroatoms. The van der Waals surface area contributed by atoms with E-state index in [9.17, 15) is 4.79 Å². The molecule has 0 unspecified atom stereocenters. The zero-order valence-corrected chi connectivity index (χ0v) is 13.7. The van der Waals surface area contributed by atoms with Gasteiger partial charge in [-0.15, -0.1) is 0 Å². The molecule has 1 aromatic carbocycles. The minimum absolute atomic E-state index is 0.368. The van der Waals surface area contributed by atoms with Crippen LogP contribution in [-0.2, 0) is 20.7 Å². The van der Waals surface area contributed by atoms with Gasteiger partial charge in [-0.3, -0.25) is 0 Å². The third kappa shape index (κ3) is 4.14. The normalized spacial score (nSPS) is 14.1. The number of rotatable bonds is 4. The van der Waals surface area contributed by atoms with E-state index in [1.54, 1.807) is 0 Å². The molecule has 0 aliphatic heterocycles. The van der Waals surface area contributed by atoms with E-state index in [0.717, 1.165) is 16.7 Å². The summed E-state index contributed by atoms with van der Waals surface area (Å²) in [6.45, 7) is 4.11. The van der Waals surface area contributed by atoms with Gasteiger partial charge in [-0.25, -0.2) is 4.79 Å². The number of carbonyl (C=O) groups excluding carboxylic acids is 1. The molecule has 3 nitrogen and oxygen atoms in total. The van der Waals surface area contributed by atoms with Crippen molar-refractivity contribution in [2.75, 3.05) is 14.2 Å². The lowest BCUT2D eigenvalue weighted by Gasteiger charge is -2.11. The van der Waals surface area contributed by atoms with Gasteiger partial charge in [0.2, 0.25) is 0 Å². The Morgan fingerprint density at radius 1 is 1.27 bits per heavy atom. The maximum atomic E-state index is 11.8. The zero-order valence-electron chi connectivity index (χ0n) is 13.7. The van der Waals surface area contributed by atoms with Crippen LogP contribution in [0.2, 0.25) is 0 Å². The van der Waals surface area contributed by atoms with Crippen molar-refractivity contribution < 1.29 is 14.3 Å². The lowest BCUT2D eigenvalue weighted by molar-refractivity contribution is -0.136. The summed E-state index contributed by atoms with van der Waals surface area (Å²) in [6.07, 6.45) is 4.35. The quantitative estimate of drug-likeness (QED) is 0.370. The number of aryl methyl sites for hydroxylation is 2. The molecular weight excluding hydrogens is 276 g/mol. The number of methoxy groups -OCH3 is 2. The highest BCUT2D eigenvalue weighted by Gasteiger charge is 2.18. The van der Waals surface area contributed by atoms with Crippen LogP contribution in [0.1, 0.15) is 35.1 Å². The van der Waals surface area contributed by atoms with E-state index in [1.807, 2.05) is 6.92 Å². The van der Waals surface area contributed by atoms with Crippen LogP contribution in [0.3, 0.4) is 0 Å². The molecule has 1 aromatic rings. The van der Waals surface area contributed by atoms with E-state index in [0.29, 0.717) is 17.9 Å². The summed E-state index contributed by atoms with van der Waals surface area (Å²) in [7, 11) is 2.90. The fourth-order valence-corrected chi connectivity index (χ4v) is 2.27. The second-order valence-corrected chi connectivity index (χ2v) is 5.68. The fraction of sp³-hybridized carbons (Fsp3) is 0.421. The van der Waals surface area contributed by atoms with E-state index in [4.69, 9.17) is 9.47 Å². The molecule has 2 rings (SSSR count). The van der Waals surface area contributed by atoms with E-state index >= 15 is 0 Å². The predicted molar refractivity (Wildman–Crippen MR) is 86.3 cm³/mol. The molecule has 0 saturated heterocycles. The largest absolute Gasteiger partial charge is 0.504 e. The Morgan fingerprint density at radius 2 is 2.00 bits per heavy atom. The van der Waals surface area contributed by atoms with Crippen LogP contribution in [0.15, 0.2) is 24.0 Å². The summed E-state index contributed by atoms with van der Waals surface area (Å²) in [5.74, 6) is 6.77. The number of benzene rings is 1. The number of esters is 1. The van der Waals surface area contributed by atoms with E-state index in [2.05, 4.69) is 30.9 Å². The lowest BCUT2D eigenvalue weighted by atomic mass is 9.95. The van der Waals surface area contributed by atoms with E-state index < -0.39 is 0 Å². The second-order valence-electron chi connectivity index (χ2n) is 5.68. The molecule has 0 radical (unpaired) electrons. The molecule has 0 atom stereocenters. The van der Waals surface area contributed by atoms with Crippen LogP contribution in [0.25, 0.3) is 0 Å². The van der Waals surface area contributed by atoms with Crippen LogP contribution in [0.4, 0.5) is 0 Å². The second kappa shape index (κ2) is 7.17. The van der Waals surface area contributed by atoms with Gasteiger partial charge >= 0.3 is 5.97 Å². The maximum absolute atomic E-state index is 11.8. The monoisotopic (exact) mass is 298 g/mol. The van der Waals surface area contributed by atoms with Crippen LogP contribution >= 0.6 is 0 Å². The number of carbonyl (C=O) groups is 1. The van der Waals surface area contributed by atoms with Gasteiger partial charge in [-0.1, -0.05) is 17.9 Å². The van der Waals surface area contributed by atoms with Crippen molar-refractivity contribution in [2.45, 2.75) is 33.1 Å². The molecule has 0 heterocycles. The van der Waals surface area contributed by atoms with Gasteiger partial charge in [0.15, 0.2) is 0 Å². The molecule has 0 N–H and O–H groups in total. The molecule has 0 bridgehead atoms. The molecule has 1 fully saturated rings. The number of ether oxygens (including phenoxy) is 2. The third-order valence-electron chi connectivity index (χ3n) is 3.76. The van der Waals surface area contributed by atoms with Gasteiger partial charge in [-0.05, 0) is 49.4 Å². The van der Waals surface area contributed by atoms with Crippen LogP contribution in [-0.4, -0.2) is 20.2 Å². The Balaban J connectivity index is 2.29. The van der Waals surface area contributed by atoms with Gasteiger partial charge in [0.25, 0.3) is 0 Å². The molecule has 116 valence electrons. The lowest BCUT2D eigenvalue weighted by Crippen LogP contribution is -2.09. The van der Waals surface area contributed by atoms with Gasteiger partial charge in [0.05, 0.1) is 26.1 Å². The molecule has 22 heavy (non-hydrogen) atoms. The van der Waals surface area contributed by atoms with Crippen molar-refractivity contribution >= 4 is 5.97 Å². The fourth-order valence-electron chi connectivity index (χ4n) is 2.27. The maximum Gasteiger partial charge on any atom is 0.337 e. The van der Waals surface area contributed by atoms with Crippen LogP contribution < -0.4 is 0 Å². The minimum Gasteiger partial charge on any atom is -0.504 e. The van der Waals surface area contributed by atoms with Crippen LogP contribution in [0.5, 0.6) is 0 Å². The van der Waals surface area contributed by atoms with Crippen molar-refractivity contribution in [1.82, 2.24) is 0 Å². The first-order chi connectivity index (χ1) is 10.5. The summed E-state index contributed by atoms with van der Waals surface area (Å²) >= 11 is 0. The average Bonchev–Trinajstić information content (AvgIpc) is 3.31. The Bertz CT molecular complexity index is 655. The van der Waals surface area contributed by atoms with Gasteiger partial charge < -0.3 is 9.47 Å². The van der Waals surface area contributed by atoms with Gasteiger partial charge in [0, 0.05) is 17.9 Å². The van der Waals surface area contributed by atoms with Crippen molar-refractivity contribution in [3.63, 3.8) is 0 Å². The molecule has 0 spiro atoms. The Kier molecular flexibility index (Phi) is 5.27. The number of hydrogen-bond donors (Lipinski definition) is 0. The third-order valence-corrected chi connectivity index (χ3v) is 3.76. The SMILES string of the molecule is CO/C=C(\Cc1cc(C#CC2CC2)c(C)cc1C)C(=O)OC. The molecule has 0 amide bonds. The first-order valence-electron chi connectivity index (χ1n) is 7.47. The molecule has 1 saturated carbocycles. The molecule has 0 aromatic heterocycles. The summed E-state index contributed by atoms with van der Waals surface area (Å²) < 4.78 is 9.79. The van der Waals surface area contributed by atoms with Gasteiger partial charge in [-0.2, -0.15) is 0 Å². The Morgan fingerprint density at radius 3 is 2.59 bits per heavy atom. The van der Waals surface area contributed by atoms with E-state index in [1.165, 1.54) is 38.9 Å². The summed E-state index contributed by atoms with van der Waals surface area (Å²) in [5, 5.41) is 0. The van der Waals surface area contributed by atoms with Gasteiger partial charge in [0.1, 0.15) is 0 Å². The van der Waals surface area contributed by atoms with Crippen molar-refractivity contribution in [3.05, 3.63) is 46.2 Å². The number of hydrogen-bond acceptors (Lipinski definition) is 3. The van der Waals surface area contributed by atoms with E-state index in [-0.39, 0.29) is 5.97 Å². The molecule has 1 aliphatic carbocycles. The Labute approximate surface area is 132 Å². The van der Waals surface area contributed by atoms with Crippen molar-refractivity contribution in [2.24, 2.45) is 5.92 Å². The highest BCUT2D eigenvalue weighted by atomic mass is 16.5. The first-order valence-corrected chi connectivity index (χ1v) is 7.47. The van der Waals surface area contributed by atoms with Crippen LogP contribution in [0, 0.1) is 31.6 Å². The standard InChI is InChI=1S/C19H22O3/c1-13-9-14(2)17(10-16(13)8-7-15-5-6-15)11-18(12-21-3)19(20)22-4/h9-10,12,15H,5-6,11H2,1-4H3/b18-12+. The summed E-state index contributed by atoms with van der Waals surface area (Å²) in [6, 6.07) is 4.19. The summed E-state index contributed by atoms with van der Waals surface area (Å²) in [4.78, 5) is 11.8. The smallest absolute Gasteiger partial charge is 0.337 e. The first kappa shape index (κ1) is 16.2. The highest BCUT2D eigenvalue weighted by molar-refractivity contribution is 5.88. The summed E-state index contributed by atoms with van der Waals surface area (Å²) in [5.41, 5.74) is 4.91. The average molecular weight is 298 g/mol. The van der Waals surface area contributed by atoms with Crippen molar-refractivity contribution in [1.29, 1.82) is 0 Å². The zero-order chi connectivity index (χ0) is 16.1. The minimum atomic E-state index is -0.368. The molecular formula is C19H22O3. The highest BCUT2D eigenvalue weighted by Crippen LogP contribution is 2.28. The topological polar surface area (TPSA) is 35.5 Å². The van der Waals surface area contributed by atoms with Crippen molar-refractivity contribution in [3.8, 4) is 11.8 Å². The molecule has 1 aliphatic rings. The predicted octanol–water partition coefficient (Wildman–Crippen LogP) is 3.31. The Hall–Kier alpha value is -2.21.